The number of H-pyrrole nitrogens is 1. The minimum atomic E-state index is 0.640. The number of nitrogens with one attached hydrogen (secondary N) is 3. The highest BCUT2D eigenvalue weighted by atomic mass is 79.9. The molecule has 29 heavy (non-hydrogen) atoms. The monoisotopic (exact) mass is 448 g/mol. The van der Waals surface area contributed by atoms with Crippen molar-refractivity contribution >= 4 is 44.1 Å². The third-order valence-corrected chi connectivity index (χ3v) is 5.16. The van der Waals surface area contributed by atoms with Crippen LogP contribution in [0.25, 0.3) is 16.6 Å². The highest BCUT2D eigenvalue weighted by Gasteiger charge is 2.10. The van der Waals surface area contributed by atoms with Crippen LogP contribution in [0.4, 0.5) is 11.6 Å². The van der Waals surface area contributed by atoms with E-state index in [0.29, 0.717) is 13.1 Å². The Bertz CT molecular complexity index is 1280. The number of anilines is 2. The molecular formula is C20H17BrN8. The lowest BCUT2D eigenvalue weighted by Crippen LogP contribution is -2.09. The van der Waals surface area contributed by atoms with Crippen LogP contribution >= 0.6 is 15.9 Å². The first kappa shape index (κ1) is 17.6. The zero-order valence-electron chi connectivity index (χ0n) is 15.3. The first-order valence-electron chi connectivity index (χ1n) is 9.09. The number of hydrogen-bond donors (Lipinski definition) is 3. The largest absolute Gasteiger partial charge is 0.366 e. The van der Waals surface area contributed by atoms with E-state index >= 15 is 0 Å². The molecule has 0 aliphatic carbocycles. The molecule has 5 aromatic rings. The van der Waals surface area contributed by atoms with Crippen LogP contribution in [-0.2, 0) is 13.1 Å². The number of aromatic nitrogens is 6. The number of rotatable bonds is 6. The Balaban J connectivity index is 1.40. The Morgan fingerprint density at radius 3 is 2.83 bits per heavy atom. The summed E-state index contributed by atoms with van der Waals surface area (Å²) in [4.78, 5) is 8.85. The molecule has 0 atom stereocenters. The van der Waals surface area contributed by atoms with E-state index in [0.717, 1.165) is 43.8 Å². The van der Waals surface area contributed by atoms with Gasteiger partial charge < -0.3 is 10.6 Å². The normalized spacial score (nSPS) is 11.2. The van der Waals surface area contributed by atoms with E-state index in [-0.39, 0.29) is 0 Å². The average Bonchev–Trinajstić information content (AvgIpc) is 3.38. The van der Waals surface area contributed by atoms with E-state index in [1.54, 1.807) is 16.9 Å². The fourth-order valence-electron chi connectivity index (χ4n) is 3.14. The molecule has 3 N–H and O–H groups in total. The van der Waals surface area contributed by atoms with Crippen LogP contribution in [0.15, 0.2) is 65.7 Å². The average molecular weight is 449 g/mol. The molecule has 8 nitrogen and oxygen atoms in total. The molecule has 1 aromatic carbocycles. The molecule has 144 valence electrons. The van der Waals surface area contributed by atoms with E-state index in [4.69, 9.17) is 0 Å². The van der Waals surface area contributed by atoms with Gasteiger partial charge in [0.05, 0.1) is 22.4 Å². The highest BCUT2D eigenvalue weighted by molar-refractivity contribution is 9.10. The van der Waals surface area contributed by atoms with Gasteiger partial charge in [-0.2, -0.15) is 14.7 Å². The lowest BCUT2D eigenvalue weighted by molar-refractivity contribution is 0.922. The van der Waals surface area contributed by atoms with Crippen molar-refractivity contribution in [1.29, 1.82) is 0 Å². The SMILES string of the molecule is Brc1cnn2c(NCc3cccnc3)cc(NCc3ccc4[nH]ncc4c3)nc12. The standard InChI is InChI=1S/C20H17BrN8/c21-16-12-26-29-19(24-10-14-2-1-5-22-8-14)7-18(27-20(16)29)23-9-13-3-4-17-15(6-13)11-25-28-17/h1-8,11-12,24H,9-10H2,(H,23,27)(H,25,28). The Morgan fingerprint density at radius 1 is 1.00 bits per heavy atom. The van der Waals surface area contributed by atoms with Crippen molar-refractivity contribution in [3.63, 3.8) is 0 Å². The maximum atomic E-state index is 4.69. The molecule has 0 saturated carbocycles. The molecular weight excluding hydrogens is 432 g/mol. The zero-order valence-corrected chi connectivity index (χ0v) is 16.9. The fourth-order valence-corrected chi connectivity index (χ4v) is 3.49. The van der Waals surface area contributed by atoms with Gasteiger partial charge in [0.15, 0.2) is 5.65 Å². The number of halogens is 1. The zero-order chi connectivity index (χ0) is 19.6. The molecule has 4 heterocycles. The molecule has 0 aliphatic rings. The lowest BCUT2D eigenvalue weighted by Gasteiger charge is -2.12. The van der Waals surface area contributed by atoms with Gasteiger partial charge in [-0.1, -0.05) is 12.1 Å². The van der Waals surface area contributed by atoms with Crippen molar-refractivity contribution in [3.8, 4) is 0 Å². The number of pyridine rings is 1. The number of aromatic amines is 1. The van der Waals surface area contributed by atoms with E-state index in [2.05, 4.69) is 64.0 Å². The van der Waals surface area contributed by atoms with Crippen molar-refractivity contribution in [2.75, 3.05) is 10.6 Å². The Labute approximate surface area is 174 Å². The van der Waals surface area contributed by atoms with Gasteiger partial charge in [-0.3, -0.25) is 10.1 Å². The summed E-state index contributed by atoms with van der Waals surface area (Å²) in [6.45, 7) is 1.29. The molecule has 9 heteroatoms. The van der Waals surface area contributed by atoms with Gasteiger partial charge in [-0.15, -0.1) is 0 Å². The van der Waals surface area contributed by atoms with Crippen molar-refractivity contribution < 1.29 is 0 Å². The van der Waals surface area contributed by atoms with Gasteiger partial charge in [0, 0.05) is 36.9 Å². The van der Waals surface area contributed by atoms with Gasteiger partial charge >= 0.3 is 0 Å². The lowest BCUT2D eigenvalue weighted by atomic mass is 10.1. The predicted octanol–water partition coefficient (Wildman–Crippen LogP) is 3.99. The van der Waals surface area contributed by atoms with Crippen molar-refractivity contribution in [3.05, 3.63) is 76.8 Å². The first-order chi connectivity index (χ1) is 14.3. The summed E-state index contributed by atoms with van der Waals surface area (Å²) >= 11 is 3.53. The van der Waals surface area contributed by atoms with Crippen LogP contribution in [0.3, 0.4) is 0 Å². The number of nitrogens with zero attached hydrogens (tertiary/aromatic N) is 5. The molecule has 0 aliphatic heterocycles. The maximum absolute atomic E-state index is 4.69. The molecule has 5 rings (SSSR count). The van der Waals surface area contributed by atoms with Crippen LogP contribution in [0.2, 0.25) is 0 Å². The summed E-state index contributed by atoms with van der Waals surface area (Å²) in [5.74, 6) is 1.61. The minimum Gasteiger partial charge on any atom is -0.366 e. The summed E-state index contributed by atoms with van der Waals surface area (Å²) in [7, 11) is 0. The molecule has 0 saturated heterocycles. The summed E-state index contributed by atoms with van der Waals surface area (Å²) in [5, 5.41) is 19.4. The van der Waals surface area contributed by atoms with E-state index in [9.17, 15) is 0 Å². The molecule has 0 fully saturated rings. The summed E-state index contributed by atoms with van der Waals surface area (Å²) < 4.78 is 2.62. The van der Waals surface area contributed by atoms with Gasteiger partial charge in [-0.25, -0.2) is 4.98 Å². The number of hydrogen-bond acceptors (Lipinski definition) is 6. The molecule has 0 bridgehead atoms. The van der Waals surface area contributed by atoms with Crippen molar-refractivity contribution in [2.24, 2.45) is 0 Å². The third kappa shape index (κ3) is 3.64. The van der Waals surface area contributed by atoms with Gasteiger partial charge in [0.2, 0.25) is 0 Å². The summed E-state index contributed by atoms with van der Waals surface area (Å²) in [6, 6.07) is 12.1. The molecule has 0 amide bonds. The second-order valence-electron chi connectivity index (χ2n) is 6.61. The maximum Gasteiger partial charge on any atom is 0.173 e. The fraction of sp³-hybridized carbons (Fsp3) is 0.100. The smallest absolute Gasteiger partial charge is 0.173 e. The molecule has 0 spiro atoms. The van der Waals surface area contributed by atoms with Gasteiger partial charge in [0.1, 0.15) is 11.6 Å². The predicted molar refractivity (Wildman–Crippen MR) is 116 cm³/mol. The van der Waals surface area contributed by atoms with Crippen LogP contribution in [-0.4, -0.2) is 29.8 Å². The second-order valence-corrected chi connectivity index (χ2v) is 7.47. The van der Waals surface area contributed by atoms with Crippen LogP contribution in [0.5, 0.6) is 0 Å². The minimum absolute atomic E-state index is 0.640. The molecule has 4 aromatic heterocycles. The number of benzene rings is 1. The number of fused-ring (bicyclic) bond motifs is 2. The third-order valence-electron chi connectivity index (χ3n) is 4.60. The summed E-state index contributed by atoms with van der Waals surface area (Å²) in [5.41, 5.74) is 4.01. The van der Waals surface area contributed by atoms with Crippen LogP contribution in [0, 0.1) is 0 Å². The van der Waals surface area contributed by atoms with Gasteiger partial charge in [-0.05, 0) is 45.3 Å². The topological polar surface area (TPSA) is 95.8 Å². The highest BCUT2D eigenvalue weighted by Crippen LogP contribution is 2.23. The van der Waals surface area contributed by atoms with Crippen molar-refractivity contribution in [1.82, 2.24) is 29.8 Å². The van der Waals surface area contributed by atoms with Gasteiger partial charge in [0.25, 0.3) is 0 Å². The van der Waals surface area contributed by atoms with Crippen LogP contribution < -0.4 is 10.6 Å². The Hall–Kier alpha value is -3.46. The van der Waals surface area contributed by atoms with E-state index in [1.165, 1.54) is 0 Å². The van der Waals surface area contributed by atoms with Crippen molar-refractivity contribution in [2.45, 2.75) is 13.1 Å². The Kier molecular flexibility index (Phi) is 4.57. The second kappa shape index (κ2) is 7.51. The first-order valence-corrected chi connectivity index (χ1v) is 9.88. The van der Waals surface area contributed by atoms with Crippen LogP contribution in [0.1, 0.15) is 11.1 Å². The molecule has 0 unspecified atom stereocenters. The van der Waals surface area contributed by atoms with E-state index < -0.39 is 0 Å². The quantitative estimate of drug-likeness (QED) is 0.363. The Morgan fingerprint density at radius 2 is 1.93 bits per heavy atom. The van der Waals surface area contributed by atoms with E-state index in [1.807, 2.05) is 36.7 Å². The molecule has 0 radical (unpaired) electrons. The summed E-state index contributed by atoms with van der Waals surface area (Å²) in [6.07, 6.45) is 7.18.